The zero-order valence-corrected chi connectivity index (χ0v) is 16.5. The molecule has 5 rings (SSSR count). The number of ether oxygens (including phenoxy) is 2. The van der Waals surface area contributed by atoms with Crippen LogP contribution in [0, 0.1) is 18.6 Å². The lowest BCUT2D eigenvalue weighted by Gasteiger charge is -2.38. The Hall–Kier alpha value is -3.69. The Morgan fingerprint density at radius 2 is 2.10 bits per heavy atom. The minimum atomic E-state index is -0.566. The predicted molar refractivity (Wildman–Crippen MR) is 105 cm³/mol. The molecule has 8 nitrogen and oxygen atoms in total. The van der Waals surface area contributed by atoms with Crippen molar-refractivity contribution in [1.82, 2.24) is 10.1 Å². The van der Waals surface area contributed by atoms with Crippen molar-refractivity contribution in [3.05, 3.63) is 59.2 Å². The molecule has 1 atom stereocenters. The largest absolute Gasteiger partial charge is 0.489 e. The maximum absolute atomic E-state index is 14.6. The fourth-order valence-corrected chi connectivity index (χ4v) is 3.82. The quantitative estimate of drug-likeness (QED) is 0.683. The van der Waals surface area contributed by atoms with Crippen LogP contribution in [0.2, 0.25) is 0 Å². The minimum absolute atomic E-state index is 0.0192. The van der Waals surface area contributed by atoms with Crippen molar-refractivity contribution in [2.24, 2.45) is 0 Å². The summed E-state index contributed by atoms with van der Waals surface area (Å²) in [6, 6.07) is 7.09. The van der Waals surface area contributed by atoms with Gasteiger partial charge in [-0.2, -0.15) is 4.98 Å². The van der Waals surface area contributed by atoms with Crippen molar-refractivity contribution in [2.75, 3.05) is 23.4 Å². The molecule has 0 unspecified atom stereocenters. The molecule has 0 spiro atoms. The monoisotopic (exact) mass is 428 g/mol. The number of hydrogen-bond donors (Lipinski definition) is 1. The number of aromatic nitrogens is 2. The highest BCUT2D eigenvalue weighted by Crippen LogP contribution is 2.38. The van der Waals surface area contributed by atoms with E-state index >= 15 is 0 Å². The van der Waals surface area contributed by atoms with Crippen molar-refractivity contribution < 1.29 is 27.6 Å². The average Bonchev–Trinajstić information content (AvgIpc) is 3.14. The van der Waals surface area contributed by atoms with Crippen molar-refractivity contribution in [3.8, 4) is 11.5 Å². The first-order valence-corrected chi connectivity index (χ1v) is 9.69. The van der Waals surface area contributed by atoms with Gasteiger partial charge in [-0.3, -0.25) is 4.79 Å². The lowest BCUT2D eigenvalue weighted by molar-refractivity contribution is -0.118. The predicted octanol–water partition coefficient (Wildman–Crippen LogP) is 3.00. The van der Waals surface area contributed by atoms with Gasteiger partial charge in [-0.1, -0.05) is 5.16 Å². The SMILES string of the molecule is Cc1noc(C[C@@H]2COc3cc(F)ccc3N2Cc2cc(F)c3c(c2)NC(=O)CO3)n1. The number of nitrogens with zero attached hydrogens (tertiary/aromatic N) is 3. The first-order chi connectivity index (χ1) is 15.0. The molecule has 0 bridgehead atoms. The van der Waals surface area contributed by atoms with E-state index in [4.69, 9.17) is 14.0 Å². The van der Waals surface area contributed by atoms with E-state index in [1.807, 2.05) is 4.90 Å². The molecule has 0 radical (unpaired) electrons. The third-order valence-corrected chi connectivity index (χ3v) is 5.16. The maximum Gasteiger partial charge on any atom is 0.262 e. The Morgan fingerprint density at radius 1 is 1.23 bits per heavy atom. The van der Waals surface area contributed by atoms with Crippen molar-refractivity contribution >= 4 is 17.3 Å². The fraction of sp³-hybridized carbons (Fsp3) is 0.286. The lowest BCUT2D eigenvalue weighted by Crippen LogP contribution is -2.44. The van der Waals surface area contributed by atoms with E-state index in [-0.39, 0.29) is 43.1 Å². The number of fused-ring (bicyclic) bond motifs is 2. The molecule has 160 valence electrons. The number of anilines is 2. The van der Waals surface area contributed by atoms with E-state index in [0.717, 1.165) is 0 Å². The standard InChI is InChI=1S/C21H18F2N4O4/c1-11-24-20(31-26-11)7-14-9-29-18-6-13(22)2-3-17(18)27(14)8-12-4-15(23)21-16(5-12)25-19(28)10-30-21/h2-6,14H,7-10H2,1H3,(H,25,28)/t14-/m1/s1. The second kappa shape index (κ2) is 7.53. The Kier molecular flexibility index (Phi) is 4.68. The molecule has 1 amide bonds. The van der Waals surface area contributed by atoms with E-state index in [1.165, 1.54) is 18.2 Å². The molecule has 3 aromatic rings. The van der Waals surface area contributed by atoms with Crippen LogP contribution in [-0.2, 0) is 17.8 Å². The molecule has 2 aliphatic heterocycles. The highest BCUT2D eigenvalue weighted by atomic mass is 19.1. The highest BCUT2D eigenvalue weighted by Gasteiger charge is 2.31. The summed E-state index contributed by atoms with van der Waals surface area (Å²) in [5, 5.41) is 6.44. The summed E-state index contributed by atoms with van der Waals surface area (Å²) in [6.07, 6.45) is 0.394. The van der Waals surface area contributed by atoms with Crippen LogP contribution in [0.4, 0.5) is 20.2 Å². The molecule has 1 aromatic heterocycles. The van der Waals surface area contributed by atoms with E-state index in [2.05, 4.69) is 15.5 Å². The van der Waals surface area contributed by atoms with Gasteiger partial charge in [0.2, 0.25) is 5.89 Å². The Balaban J connectivity index is 1.49. The molecule has 10 heteroatoms. The molecular weight excluding hydrogens is 410 g/mol. The van der Waals surface area contributed by atoms with Gasteiger partial charge in [-0.05, 0) is 36.8 Å². The lowest BCUT2D eigenvalue weighted by atomic mass is 10.1. The second-order valence-electron chi connectivity index (χ2n) is 7.44. The molecule has 31 heavy (non-hydrogen) atoms. The molecule has 0 aliphatic carbocycles. The van der Waals surface area contributed by atoms with Crippen LogP contribution >= 0.6 is 0 Å². The van der Waals surface area contributed by atoms with Gasteiger partial charge < -0.3 is 24.2 Å². The summed E-state index contributed by atoms with van der Waals surface area (Å²) in [6.45, 7) is 2.04. The van der Waals surface area contributed by atoms with Crippen LogP contribution < -0.4 is 19.7 Å². The van der Waals surface area contributed by atoms with Gasteiger partial charge in [-0.15, -0.1) is 0 Å². The van der Waals surface area contributed by atoms with Gasteiger partial charge in [-0.25, -0.2) is 8.78 Å². The van der Waals surface area contributed by atoms with Crippen molar-refractivity contribution in [1.29, 1.82) is 0 Å². The Labute approximate surface area is 175 Å². The molecule has 2 aliphatic rings. The first-order valence-electron chi connectivity index (χ1n) is 9.69. The van der Waals surface area contributed by atoms with Crippen LogP contribution in [0.3, 0.4) is 0 Å². The Bertz CT molecular complexity index is 1170. The number of halogens is 2. The number of carbonyl (C=O) groups is 1. The molecular formula is C21H18F2N4O4. The van der Waals surface area contributed by atoms with Gasteiger partial charge in [0.1, 0.15) is 18.2 Å². The van der Waals surface area contributed by atoms with Crippen molar-refractivity contribution in [2.45, 2.75) is 25.9 Å². The van der Waals surface area contributed by atoms with E-state index in [9.17, 15) is 13.6 Å². The number of amides is 1. The molecule has 1 N–H and O–H groups in total. The molecule has 0 saturated heterocycles. The Morgan fingerprint density at radius 3 is 2.90 bits per heavy atom. The topological polar surface area (TPSA) is 89.7 Å². The zero-order valence-electron chi connectivity index (χ0n) is 16.5. The summed E-state index contributed by atoms with van der Waals surface area (Å²) in [4.78, 5) is 17.9. The van der Waals surface area contributed by atoms with E-state index in [1.54, 1.807) is 19.1 Å². The van der Waals surface area contributed by atoms with Gasteiger partial charge in [0.25, 0.3) is 5.91 Å². The minimum Gasteiger partial charge on any atom is -0.489 e. The molecule has 2 aromatic carbocycles. The zero-order chi connectivity index (χ0) is 21.5. The summed E-state index contributed by atoms with van der Waals surface area (Å²) in [5.74, 6) is 0.0558. The molecule has 0 saturated carbocycles. The van der Waals surface area contributed by atoms with Crippen LogP contribution in [0.15, 0.2) is 34.9 Å². The van der Waals surface area contributed by atoms with Crippen LogP contribution in [0.1, 0.15) is 17.3 Å². The summed E-state index contributed by atoms with van der Waals surface area (Å²) < 4.78 is 44.6. The molecule has 0 fully saturated rings. The smallest absolute Gasteiger partial charge is 0.262 e. The molecule has 3 heterocycles. The summed E-state index contributed by atoms with van der Waals surface area (Å²) in [7, 11) is 0. The van der Waals surface area contributed by atoms with Crippen LogP contribution in [0.5, 0.6) is 11.5 Å². The average molecular weight is 428 g/mol. The number of aryl methyl sites for hydroxylation is 1. The van der Waals surface area contributed by atoms with Gasteiger partial charge in [0.15, 0.2) is 24.0 Å². The number of nitrogens with one attached hydrogen (secondary N) is 1. The van der Waals surface area contributed by atoms with Crippen LogP contribution in [-0.4, -0.2) is 35.3 Å². The first kappa shape index (κ1) is 19.3. The maximum atomic E-state index is 14.6. The van der Waals surface area contributed by atoms with Crippen molar-refractivity contribution in [3.63, 3.8) is 0 Å². The number of benzene rings is 2. The highest BCUT2D eigenvalue weighted by molar-refractivity contribution is 5.95. The third-order valence-electron chi connectivity index (χ3n) is 5.16. The normalized spacial score (nSPS) is 17.3. The second-order valence-corrected chi connectivity index (χ2v) is 7.44. The van der Waals surface area contributed by atoms with E-state index < -0.39 is 11.6 Å². The van der Waals surface area contributed by atoms with Crippen LogP contribution in [0.25, 0.3) is 0 Å². The van der Waals surface area contributed by atoms with Gasteiger partial charge in [0.05, 0.1) is 23.8 Å². The van der Waals surface area contributed by atoms with E-state index in [0.29, 0.717) is 35.1 Å². The fourth-order valence-electron chi connectivity index (χ4n) is 3.82. The summed E-state index contributed by atoms with van der Waals surface area (Å²) >= 11 is 0. The van der Waals surface area contributed by atoms with Gasteiger partial charge in [0, 0.05) is 12.6 Å². The summed E-state index contributed by atoms with van der Waals surface area (Å²) in [5.41, 5.74) is 1.54. The number of carbonyl (C=O) groups excluding carboxylic acids is 1. The third kappa shape index (κ3) is 3.76. The van der Waals surface area contributed by atoms with Gasteiger partial charge >= 0.3 is 0 Å². The number of rotatable bonds is 4. The number of hydrogen-bond acceptors (Lipinski definition) is 7.